The lowest BCUT2D eigenvalue weighted by molar-refractivity contribution is -0.142. The Kier molecular flexibility index (Phi) is 6.80. The molecule has 41 heavy (non-hydrogen) atoms. The normalized spacial score (nSPS) is 21.8. The highest BCUT2D eigenvalue weighted by Gasteiger charge is 2.41. The number of hydrogen-bond acceptors (Lipinski definition) is 6. The maximum atomic E-state index is 14.2. The number of carbonyl (C=O) groups excluding carboxylic acids is 2. The van der Waals surface area contributed by atoms with Crippen LogP contribution in [0.4, 0.5) is 0 Å². The molecule has 2 saturated heterocycles. The largest absolute Gasteiger partial charge is 0.493 e. The van der Waals surface area contributed by atoms with Gasteiger partial charge in [-0.15, -0.1) is 11.3 Å². The second kappa shape index (κ2) is 10.5. The number of benzene rings is 1. The predicted octanol–water partition coefficient (Wildman–Crippen LogP) is 5.35. The van der Waals surface area contributed by atoms with E-state index in [4.69, 9.17) is 14.5 Å². The summed E-state index contributed by atoms with van der Waals surface area (Å²) < 4.78 is 13.9. The minimum Gasteiger partial charge on any atom is -0.493 e. The van der Waals surface area contributed by atoms with E-state index in [0.29, 0.717) is 49.0 Å². The van der Waals surface area contributed by atoms with Crippen molar-refractivity contribution in [1.29, 1.82) is 0 Å². The molecule has 1 aliphatic carbocycles. The van der Waals surface area contributed by atoms with Crippen molar-refractivity contribution in [1.82, 2.24) is 19.4 Å². The Morgan fingerprint density at radius 2 is 1.80 bits per heavy atom. The summed E-state index contributed by atoms with van der Waals surface area (Å²) in [7, 11) is 1.67. The molecule has 3 aliphatic heterocycles. The second-order valence-electron chi connectivity index (χ2n) is 12.4. The molecule has 216 valence electrons. The highest BCUT2D eigenvalue weighted by atomic mass is 32.1. The van der Waals surface area contributed by atoms with Gasteiger partial charge in [0.15, 0.2) is 17.3 Å². The van der Waals surface area contributed by atoms with Gasteiger partial charge in [-0.25, -0.2) is 4.98 Å². The summed E-state index contributed by atoms with van der Waals surface area (Å²) in [6.07, 6.45) is 5.12. The van der Waals surface area contributed by atoms with E-state index in [-0.39, 0.29) is 17.9 Å². The first-order valence-electron chi connectivity index (χ1n) is 15.0. The Labute approximate surface area is 245 Å². The molecule has 5 heterocycles. The van der Waals surface area contributed by atoms with Crippen molar-refractivity contribution in [3.63, 3.8) is 0 Å². The first kappa shape index (κ1) is 26.6. The molecule has 0 radical (unpaired) electrons. The maximum Gasteiger partial charge on any atom is 0.289 e. The Morgan fingerprint density at radius 3 is 2.44 bits per heavy atom. The van der Waals surface area contributed by atoms with Gasteiger partial charge < -0.3 is 23.8 Å². The fourth-order valence-electron chi connectivity index (χ4n) is 7.14. The lowest BCUT2D eigenvalue weighted by Gasteiger charge is -2.47. The van der Waals surface area contributed by atoms with Gasteiger partial charge in [-0.2, -0.15) is 0 Å². The number of thiophene rings is 1. The zero-order valence-corrected chi connectivity index (χ0v) is 24.9. The molecular formula is C32H38N4O4S. The van der Waals surface area contributed by atoms with Gasteiger partial charge in [0.05, 0.1) is 23.8 Å². The first-order valence-corrected chi connectivity index (χ1v) is 15.9. The molecule has 2 atom stereocenters. The van der Waals surface area contributed by atoms with Gasteiger partial charge in [-0.3, -0.25) is 9.59 Å². The van der Waals surface area contributed by atoms with Gasteiger partial charge in [0, 0.05) is 44.2 Å². The van der Waals surface area contributed by atoms with Crippen LogP contribution in [-0.2, 0) is 17.8 Å². The summed E-state index contributed by atoms with van der Waals surface area (Å²) >= 11 is 1.64. The van der Waals surface area contributed by atoms with Crippen LogP contribution in [0.2, 0.25) is 0 Å². The Balaban J connectivity index is 1.22. The van der Waals surface area contributed by atoms with Crippen LogP contribution in [-0.4, -0.2) is 70.6 Å². The Bertz CT molecular complexity index is 1460. The number of fused-ring (bicyclic) bond motifs is 5. The third-order valence-corrected chi connectivity index (χ3v) is 10.0. The van der Waals surface area contributed by atoms with Gasteiger partial charge >= 0.3 is 0 Å². The van der Waals surface area contributed by atoms with Crippen molar-refractivity contribution in [2.75, 3.05) is 33.3 Å². The Morgan fingerprint density at radius 1 is 1.05 bits per heavy atom. The molecule has 4 aliphatic rings. The highest BCUT2D eigenvalue weighted by molar-refractivity contribution is 7.13. The minimum absolute atomic E-state index is 0.00172. The first-order chi connectivity index (χ1) is 19.9. The smallest absolute Gasteiger partial charge is 0.289 e. The number of rotatable bonds is 6. The van der Waals surface area contributed by atoms with E-state index in [0.717, 1.165) is 66.4 Å². The van der Waals surface area contributed by atoms with Crippen molar-refractivity contribution < 1.29 is 19.1 Å². The summed E-state index contributed by atoms with van der Waals surface area (Å²) in [5.74, 6) is 3.16. The van der Waals surface area contributed by atoms with Crippen molar-refractivity contribution in [3.05, 3.63) is 41.0 Å². The molecule has 2 aromatic heterocycles. The number of amides is 2. The van der Waals surface area contributed by atoms with E-state index < -0.39 is 0 Å². The van der Waals surface area contributed by atoms with E-state index in [1.165, 1.54) is 12.0 Å². The van der Waals surface area contributed by atoms with Crippen LogP contribution < -0.4 is 9.47 Å². The Hall–Kier alpha value is -3.33. The number of carbonyl (C=O) groups is 2. The fourth-order valence-corrected chi connectivity index (χ4v) is 7.86. The lowest BCUT2D eigenvalue weighted by atomic mass is 9.81. The van der Waals surface area contributed by atoms with Crippen LogP contribution in [0.5, 0.6) is 11.5 Å². The predicted molar refractivity (Wildman–Crippen MR) is 158 cm³/mol. The van der Waals surface area contributed by atoms with Crippen LogP contribution in [0.3, 0.4) is 0 Å². The lowest BCUT2D eigenvalue weighted by Crippen LogP contribution is -2.56. The maximum absolute atomic E-state index is 14.2. The number of piperidine rings is 2. The van der Waals surface area contributed by atoms with Crippen LogP contribution in [0, 0.1) is 17.8 Å². The van der Waals surface area contributed by atoms with Gasteiger partial charge in [-0.1, -0.05) is 12.5 Å². The molecule has 7 rings (SSSR count). The minimum atomic E-state index is -0.00172. The molecule has 2 bridgehead atoms. The zero-order valence-electron chi connectivity index (χ0n) is 24.1. The molecule has 3 fully saturated rings. The summed E-state index contributed by atoms with van der Waals surface area (Å²) in [5.41, 5.74) is 4.04. The molecule has 2 amide bonds. The number of ether oxygens (including phenoxy) is 2. The van der Waals surface area contributed by atoms with Crippen LogP contribution in [0.15, 0.2) is 29.6 Å². The molecule has 9 heteroatoms. The highest BCUT2D eigenvalue weighted by Crippen LogP contribution is 2.44. The van der Waals surface area contributed by atoms with E-state index in [2.05, 4.69) is 33.0 Å². The SMILES string of the molecule is COc1cc2c(cc1OC(C)C)-c1c(-c3cccs3)nc(C(=O)N3CC4CC(C3)CN(C(=O)C3CCC3)C4)n1CC2. The number of imidazole rings is 1. The van der Waals surface area contributed by atoms with Gasteiger partial charge in [0.2, 0.25) is 5.91 Å². The summed E-state index contributed by atoms with van der Waals surface area (Å²) in [6.45, 7) is 7.59. The third kappa shape index (κ3) is 4.72. The van der Waals surface area contributed by atoms with Crippen LogP contribution in [0.1, 0.15) is 55.7 Å². The molecular weight excluding hydrogens is 536 g/mol. The van der Waals surface area contributed by atoms with E-state index in [1.807, 2.05) is 24.8 Å². The molecule has 1 aromatic carbocycles. The van der Waals surface area contributed by atoms with E-state index >= 15 is 0 Å². The molecule has 2 unspecified atom stereocenters. The quantitative estimate of drug-likeness (QED) is 0.397. The molecule has 3 aromatic rings. The number of aromatic nitrogens is 2. The zero-order chi connectivity index (χ0) is 28.2. The number of hydrogen-bond donors (Lipinski definition) is 0. The van der Waals surface area contributed by atoms with Gasteiger partial charge in [0.1, 0.15) is 5.69 Å². The number of methoxy groups -OCH3 is 1. The van der Waals surface area contributed by atoms with E-state index in [9.17, 15) is 9.59 Å². The number of likely N-dealkylation sites (tertiary alicyclic amines) is 2. The summed E-state index contributed by atoms with van der Waals surface area (Å²) in [4.78, 5) is 37.4. The summed E-state index contributed by atoms with van der Waals surface area (Å²) in [5, 5.41) is 2.05. The van der Waals surface area contributed by atoms with E-state index in [1.54, 1.807) is 18.4 Å². The standard InChI is InChI=1S/C32H38N4O4S/c1-19(2)40-26-14-24-23(13-25(26)39-3)9-10-36-29(24)28(27-8-5-11-41-27)33-30(36)32(38)35-17-20-12-21(18-35)16-34(15-20)31(37)22-6-4-7-22/h5,8,11,13-14,19-22H,4,6-7,9-10,12,15-18H2,1-3H3. The monoisotopic (exact) mass is 574 g/mol. The van der Waals surface area contributed by atoms with Crippen LogP contribution in [0.25, 0.3) is 21.8 Å². The van der Waals surface area contributed by atoms with Crippen molar-refractivity contribution in [3.8, 4) is 33.3 Å². The molecule has 0 N–H and O–H groups in total. The molecule has 0 spiro atoms. The average molecular weight is 575 g/mol. The molecule has 8 nitrogen and oxygen atoms in total. The second-order valence-corrected chi connectivity index (χ2v) is 13.3. The topological polar surface area (TPSA) is 76.9 Å². The van der Waals surface area contributed by atoms with Crippen molar-refractivity contribution >= 4 is 23.2 Å². The van der Waals surface area contributed by atoms with Gasteiger partial charge in [-0.05, 0) is 80.5 Å². The number of nitrogens with zero attached hydrogens (tertiary/aromatic N) is 4. The third-order valence-electron chi connectivity index (χ3n) is 9.16. The number of aryl methyl sites for hydroxylation is 1. The van der Waals surface area contributed by atoms with Crippen molar-refractivity contribution in [2.24, 2.45) is 17.8 Å². The fraction of sp³-hybridized carbons (Fsp3) is 0.531. The molecule has 1 saturated carbocycles. The van der Waals surface area contributed by atoms with Gasteiger partial charge in [0.25, 0.3) is 5.91 Å². The average Bonchev–Trinajstić information content (AvgIpc) is 3.59. The van der Waals surface area contributed by atoms with Crippen molar-refractivity contribution in [2.45, 2.75) is 58.6 Å². The van der Waals surface area contributed by atoms with Crippen LogP contribution >= 0.6 is 11.3 Å². The summed E-state index contributed by atoms with van der Waals surface area (Å²) in [6, 6.07) is 8.24.